The van der Waals surface area contributed by atoms with Crippen molar-refractivity contribution < 1.29 is 24.2 Å². The van der Waals surface area contributed by atoms with E-state index in [1.54, 1.807) is 25.3 Å². The van der Waals surface area contributed by atoms with Crippen molar-refractivity contribution in [3.63, 3.8) is 0 Å². The molecule has 0 saturated heterocycles. The summed E-state index contributed by atoms with van der Waals surface area (Å²) in [5.41, 5.74) is 0.574. The van der Waals surface area contributed by atoms with Gasteiger partial charge in [0.05, 0.1) is 26.1 Å². The van der Waals surface area contributed by atoms with Crippen LogP contribution in [0.1, 0.15) is 6.42 Å². The number of amides is 1. The molecule has 6 heteroatoms. The van der Waals surface area contributed by atoms with E-state index in [9.17, 15) is 14.7 Å². The first-order valence-electron chi connectivity index (χ1n) is 8.49. The first kappa shape index (κ1) is 16.0. The second kappa shape index (κ2) is 5.79. The highest BCUT2D eigenvalue weighted by Crippen LogP contribution is 2.63. The summed E-state index contributed by atoms with van der Waals surface area (Å²) < 4.78 is 10.5. The predicted molar refractivity (Wildman–Crippen MR) is 90.5 cm³/mol. The van der Waals surface area contributed by atoms with E-state index in [2.05, 4.69) is 11.4 Å². The first-order chi connectivity index (χ1) is 12.0. The number of carboxylic acid groups (broad SMARTS) is 1. The van der Waals surface area contributed by atoms with Crippen LogP contribution in [-0.2, 0) is 9.59 Å². The molecule has 0 heterocycles. The van der Waals surface area contributed by atoms with Gasteiger partial charge in [-0.3, -0.25) is 9.59 Å². The van der Waals surface area contributed by atoms with Crippen molar-refractivity contribution in [2.75, 3.05) is 19.5 Å². The average molecular weight is 343 g/mol. The number of carboxylic acids is 1. The zero-order valence-corrected chi connectivity index (χ0v) is 14.1. The maximum absolute atomic E-state index is 12.9. The van der Waals surface area contributed by atoms with Gasteiger partial charge in [0.15, 0.2) is 11.5 Å². The van der Waals surface area contributed by atoms with Crippen LogP contribution in [-0.4, -0.2) is 31.2 Å². The largest absolute Gasteiger partial charge is 0.493 e. The van der Waals surface area contributed by atoms with E-state index in [-0.39, 0.29) is 17.7 Å². The van der Waals surface area contributed by atoms with Gasteiger partial charge in [0.1, 0.15) is 0 Å². The minimum Gasteiger partial charge on any atom is -0.493 e. The van der Waals surface area contributed by atoms with Gasteiger partial charge in [-0.15, -0.1) is 0 Å². The Morgan fingerprint density at radius 3 is 2.28 bits per heavy atom. The maximum atomic E-state index is 12.9. The third-order valence-corrected chi connectivity index (χ3v) is 5.89. The fourth-order valence-corrected chi connectivity index (χ4v) is 4.71. The van der Waals surface area contributed by atoms with E-state index in [0.717, 1.165) is 6.42 Å². The SMILES string of the molecule is COc1ccc(NC(=O)[C@@H]2[C@@H]3C=C[C@H]([C@H]4C[C@H]34)[C@@H]2C(=O)O)cc1OC. The molecule has 5 rings (SSSR count). The average Bonchev–Trinajstić information content (AvgIpc) is 3.43. The van der Waals surface area contributed by atoms with Crippen molar-refractivity contribution in [2.24, 2.45) is 35.5 Å². The van der Waals surface area contributed by atoms with Crippen LogP contribution in [0, 0.1) is 35.5 Å². The Morgan fingerprint density at radius 1 is 1.04 bits per heavy atom. The van der Waals surface area contributed by atoms with E-state index in [1.807, 2.05) is 6.08 Å². The van der Waals surface area contributed by atoms with Gasteiger partial charge < -0.3 is 19.9 Å². The summed E-state index contributed by atoms with van der Waals surface area (Å²) >= 11 is 0. The van der Waals surface area contributed by atoms with Gasteiger partial charge in [-0.2, -0.15) is 0 Å². The lowest BCUT2D eigenvalue weighted by atomic mass is 9.62. The van der Waals surface area contributed by atoms with E-state index < -0.39 is 17.8 Å². The molecule has 1 aromatic carbocycles. The zero-order valence-electron chi connectivity index (χ0n) is 14.1. The summed E-state index contributed by atoms with van der Waals surface area (Å²) in [7, 11) is 3.08. The number of hydrogen-bond donors (Lipinski definition) is 2. The molecule has 25 heavy (non-hydrogen) atoms. The molecule has 4 aliphatic carbocycles. The number of aliphatic carboxylic acids is 1. The van der Waals surface area contributed by atoms with Gasteiger partial charge in [-0.05, 0) is 42.2 Å². The number of rotatable bonds is 5. The number of benzene rings is 1. The lowest BCUT2D eigenvalue weighted by molar-refractivity contribution is -0.152. The smallest absolute Gasteiger partial charge is 0.307 e. The summed E-state index contributed by atoms with van der Waals surface area (Å²) in [6.45, 7) is 0. The monoisotopic (exact) mass is 343 g/mol. The van der Waals surface area contributed by atoms with Gasteiger partial charge >= 0.3 is 5.97 Å². The second-order valence-electron chi connectivity index (χ2n) is 7.05. The van der Waals surface area contributed by atoms with Crippen molar-refractivity contribution in [3.05, 3.63) is 30.4 Å². The molecule has 0 radical (unpaired) electrons. The van der Waals surface area contributed by atoms with Crippen molar-refractivity contribution in [2.45, 2.75) is 6.42 Å². The second-order valence-corrected chi connectivity index (χ2v) is 7.05. The van der Waals surface area contributed by atoms with Crippen LogP contribution in [0.4, 0.5) is 5.69 Å². The topological polar surface area (TPSA) is 84.9 Å². The predicted octanol–water partition coefficient (Wildman–Crippen LogP) is 2.41. The Balaban J connectivity index is 1.58. The van der Waals surface area contributed by atoms with Crippen LogP contribution in [0.25, 0.3) is 0 Å². The third kappa shape index (κ3) is 2.47. The summed E-state index contributed by atoms with van der Waals surface area (Å²) in [6.07, 6.45) is 5.10. The fourth-order valence-electron chi connectivity index (χ4n) is 4.71. The summed E-state index contributed by atoms with van der Waals surface area (Å²) in [5, 5.41) is 12.6. The number of methoxy groups -OCH3 is 2. The van der Waals surface area contributed by atoms with E-state index in [1.165, 1.54) is 7.11 Å². The highest BCUT2D eigenvalue weighted by Gasteiger charge is 2.62. The van der Waals surface area contributed by atoms with Crippen molar-refractivity contribution in [3.8, 4) is 11.5 Å². The minimum atomic E-state index is -0.878. The van der Waals surface area contributed by atoms with Crippen LogP contribution in [0.5, 0.6) is 11.5 Å². The maximum Gasteiger partial charge on any atom is 0.307 e. The zero-order chi connectivity index (χ0) is 17.7. The lowest BCUT2D eigenvalue weighted by Crippen LogP contribution is -2.48. The van der Waals surface area contributed by atoms with Gasteiger partial charge in [0.25, 0.3) is 0 Å². The molecule has 4 aliphatic rings. The van der Waals surface area contributed by atoms with Crippen molar-refractivity contribution >= 4 is 17.6 Å². The van der Waals surface area contributed by atoms with Gasteiger partial charge in [0, 0.05) is 11.8 Å². The molecule has 2 fully saturated rings. The molecule has 2 N–H and O–H groups in total. The molecular weight excluding hydrogens is 322 g/mol. The highest BCUT2D eigenvalue weighted by atomic mass is 16.5. The summed E-state index contributed by atoms with van der Waals surface area (Å²) in [4.78, 5) is 24.7. The van der Waals surface area contributed by atoms with Crippen molar-refractivity contribution in [1.29, 1.82) is 0 Å². The Bertz CT molecular complexity index is 758. The fraction of sp³-hybridized carbons (Fsp3) is 0.474. The molecular formula is C19H21NO5. The van der Waals surface area contributed by atoms with E-state index in [0.29, 0.717) is 29.0 Å². The minimum absolute atomic E-state index is 0.0198. The van der Waals surface area contributed by atoms with Crippen molar-refractivity contribution in [1.82, 2.24) is 0 Å². The molecule has 0 unspecified atom stereocenters. The van der Waals surface area contributed by atoms with Crippen LogP contribution >= 0.6 is 0 Å². The number of hydrogen-bond acceptors (Lipinski definition) is 4. The number of carbonyl (C=O) groups excluding carboxylic acids is 1. The Hall–Kier alpha value is -2.50. The third-order valence-electron chi connectivity index (χ3n) is 5.89. The Kier molecular flexibility index (Phi) is 3.71. The first-order valence-corrected chi connectivity index (χ1v) is 8.49. The lowest BCUT2D eigenvalue weighted by Gasteiger charge is -2.41. The van der Waals surface area contributed by atoms with Crippen LogP contribution < -0.4 is 14.8 Å². The van der Waals surface area contributed by atoms with Gasteiger partial charge in [-0.25, -0.2) is 0 Å². The molecule has 0 aliphatic heterocycles. The quantitative estimate of drug-likeness (QED) is 0.802. The molecule has 2 bridgehead atoms. The van der Waals surface area contributed by atoms with E-state index >= 15 is 0 Å². The van der Waals surface area contributed by atoms with Gasteiger partial charge in [-0.1, -0.05) is 12.2 Å². The number of anilines is 1. The summed E-state index contributed by atoms with van der Waals surface area (Å²) in [6, 6.07) is 5.13. The molecule has 6 nitrogen and oxygen atoms in total. The van der Waals surface area contributed by atoms with Crippen LogP contribution in [0.15, 0.2) is 30.4 Å². The molecule has 132 valence electrons. The molecule has 0 aromatic heterocycles. The Labute approximate surface area is 145 Å². The number of allylic oxidation sites excluding steroid dienone is 2. The van der Waals surface area contributed by atoms with Gasteiger partial charge in [0.2, 0.25) is 5.91 Å². The molecule has 6 atom stereocenters. The summed E-state index contributed by atoms with van der Waals surface area (Å²) in [5.74, 6) is -0.269. The number of fused-ring (bicyclic) bond motifs is 1. The standard InChI is InChI=1S/C19H21NO5/c1-24-14-6-3-9(7-15(14)25-2)20-18(21)16-10-4-5-11(13-8-12(10)13)17(16)19(22)23/h3-7,10-13,16-17H,8H2,1-2H3,(H,20,21)(H,22,23)/t10-,11-,12-,13-,16-,17+/m1/s1. The number of carbonyl (C=O) groups is 2. The normalized spacial score (nSPS) is 34.2. The molecule has 0 spiro atoms. The van der Waals surface area contributed by atoms with Crippen LogP contribution in [0.3, 0.4) is 0 Å². The molecule has 1 aromatic rings. The Morgan fingerprint density at radius 2 is 1.68 bits per heavy atom. The number of ether oxygens (including phenoxy) is 2. The highest BCUT2D eigenvalue weighted by molar-refractivity contribution is 5.96. The number of nitrogens with one attached hydrogen (secondary N) is 1. The molecule has 1 amide bonds. The molecule has 2 saturated carbocycles. The van der Waals surface area contributed by atoms with Crippen LogP contribution in [0.2, 0.25) is 0 Å². The van der Waals surface area contributed by atoms with E-state index in [4.69, 9.17) is 9.47 Å².